The molecule has 0 saturated heterocycles. The summed E-state index contributed by atoms with van der Waals surface area (Å²) in [6, 6.07) is 2.95. The zero-order valence-electron chi connectivity index (χ0n) is 6.51. The number of hydrogen-bond donors (Lipinski definition) is 0. The number of pyridine rings is 1. The Morgan fingerprint density at radius 1 is 1.62 bits per heavy atom. The molecule has 0 bridgehead atoms. The van der Waals surface area contributed by atoms with Crippen molar-refractivity contribution < 1.29 is 4.39 Å². The fourth-order valence-corrected chi connectivity index (χ4v) is 0.819. The molecule has 0 aliphatic rings. The van der Waals surface area contributed by atoms with Crippen LogP contribution in [0.3, 0.4) is 0 Å². The summed E-state index contributed by atoms with van der Waals surface area (Å²) in [5.41, 5.74) is 0.0136. The van der Waals surface area contributed by atoms with E-state index in [0.717, 1.165) is 6.07 Å². The molecule has 1 heterocycles. The molecule has 0 spiro atoms. The number of nitrogens with zero attached hydrogens (tertiary/aromatic N) is 2. The minimum atomic E-state index is -0.571. The molecule has 1 aromatic heterocycles. The van der Waals surface area contributed by atoms with Crippen molar-refractivity contribution in [3.8, 4) is 17.9 Å². The van der Waals surface area contributed by atoms with Gasteiger partial charge in [0.25, 0.3) is 0 Å². The third-order valence-electron chi connectivity index (χ3n) is 1.18. The first kappa shape index (κ1) is 9.51. The van der Waals surface area contributed by atoms with Gasteiger partial charge in [-0.2, -0.15) is 5.26 Å². The molecule has 0 N–H and O–H groups in total. The summed E-state index contributed by atoms with van der Waals surface area (Å²) in [4.78, 5) is 3.66. The van der Waals surface area contributed by atoms with Crippen LogP contribution in [0.15, 0.2) is 12.3 Å². The van der Waals surface area contributed by atoms with Gasteiger partial charge in [-0.25, -0.2) is 9.37 Å². The maximum Gasteiger partial charge on any atom is 0.158 e. The van der Waals surface area contributed by atoms with E-state index < -0.39 is 5.82 Å². The van der Waals surface area contributed by atoms with Gasteiger partial charge in [-0.15, -0.1) is 0 Å². The van der Waals surface area contributed by atoms with Crippen LogP contribution in [-0.2, 0) is 0 Å². The average molecular weight is 195 g/mol. The van der Waals surface area contributed by atoms with Gasteiger partial charge in [0.15, 0.2) is 5.82 Å². The molecule has 1 aromatic rings. The lowest BCUT2D eigenvalue weighted by Gasteiger charge is -1.92. The second-order valence-corrected chi connectivity index (χ2v) is 2.56. The van der Waals surface area contributed by atoms with E-state index >= 15 is 0 Å². The summed E-state index contributed by atoms with van der Waals surface area (Å²) >= 11 is 5.48. The summed E-state index contributed by atoms with van der Waals surface area (Å²) in [6.45, 7) is 0. The van der Waals surface area contributed by atoms with Gasteiger partial charge in [0.05, 0.1) is 17.5 Å². The fourth-order valence-electron chi connectivity index (χ4n) is 0.674. The van der Waals surface area contributed by atoms with Gasteiger partial charge >= 0.3 is 0 Å². The number of rotatable bonds is 0. The van der Waals surface area contributed by atoms with Crippen LogP contribution in [-0.4, -0.2) is 4.98 Å². The maximum atomic E-state index is 12.9. The summed E-state index contributed by atoms with van der Waals surface area (Å²) in [5.74, 6) is 4.31. The topological polar surface area (TPSA) is 36.7 Å². The van der Waals surface area contributed by atoms with Crippen LogP contribution >= 0.6 is 11.6 Å². The Hall–Kier alpha value is -1.58. The predicted octanol–water partition coefficient (Wildman–Crippen LogP) is 2.14. The highest BCUT2D eigenvalue weighted by Gasteiger charge is 2.00. The monoisotopic (exact) mass is 194 g/mol. The lowest BCUT2D eigenvalue weighted by molar-refractivity contribution is 0.617. The molecule has 64 valence electrons. The molecule has 0 aliphatic heterocycles. The highest BCUT2D eigenvalue weighted by molar-refractivity contribution is 6.30. The number of halogens is 2. The SMILES string of the molecule is N#CCC#Cc1ncc(Cl)cc1F. The fraction of sp³-hybridized carbons (Fsp3) is 0.111. The maximum absolute atomic E-state index is 12.9. The molecule has 13 heavy (non-hydrogen) atoms. The van der Waals surface area contributed by atoms with Crippen LogP contribution in [0.5, 0.6) is 0 Å². The highest BCUT2D eigenvalue weighted by atomic mass is 35.5. The molecule has 0 unspecified atom stereocenters. The molecule has 1 rings (SSSR count). The van der Waals surface area contributed by atoms with Crippen LogP contribution in [0.2, 0.25) is 5.02 Å². The van der Waals surface area contributed by atoms with E-state index in [0.29, 0.717) is 0 Å². The first-order valence-electron chi connectivity index (χ1n) is 3.41. The molecular weight excluding hydrogens is 191 g/mol. The van der Waals surface area contributed by atoms with Crippen molar-refractivity contribution in [3.63, 3.8) is 0 Å². The third-order valence-corrected chi connectivity index (χ3v) is 1.39. The molecule has 0 amide bonds. The summed E-state index contributed by atoms with van der Waals surface area (Å²) < 4.78 is 12.9. The van der Waals surface area contributed by atoms with Crippen molar-refractivity contribution >= 4 is 11.6 Å². The van der Waals surface area contributed by atoms with Crippen LogP contribution in [0.1, 0.15) is 12.1 Å². The number of aromatic nitrogens is 1. The molecule has 0 aliphatic carbocycles. The second kappa shape index (κ2) is 4.45. The van der Waals surface area contributed by atoms with Gasteiger partial charge in [0.2, 0.25) is 0 Å². The van der Waals surface area contributed by atoms with Gasteiger partial charge in [-0.1, -0.05) is 17.5 Å². The molecule has 0 aromatic carbocycles. The zero-order chi connectivity index (χ0) is 9.68. The van der Waals surface area contributed by atoms with Gasteiger partial charge < -0.3 is 0 Å². The van der Waals surface area contributed by atoms with Crippen LogP contribution in [0.25, 0.3) is 0 Å². The van der Waals surface area contributed by atoms with E-state index in [9.17, 15) is 4.39 Å². The first-order valence-corrected chi connectivity index (χ1v) is 3.78. The second-order valence-electron chi connectivity index (χ2n) is 2.12. The van der Waals surface area contributed by atoms with E-state index in [2.05, 4.69) is 16.8 Å². The van der Waals surface area contributed by atoms with Crippen molar-refractivity contribution in [1.82, 2.24) is 4.98 Å². The Balaban J connectivity index is 2.93. The minimum Gasteiger partial charge on any atom is -0.243 e. The lowest BCUT2D eigenvalue weighted by Crippen LogP contribution is -1.87. The van der Waals surface area contributed by atoms with E-state index in [4.69, 9.17) is 16.9 Å². The molecular formula is C9H4ClFN2. The normalized spacial score (nSPS) is 8.38. The van der Waals surface area contributed by atoms with Gasteiger partial charge in [0.1, 0.15) is 5.69 Å². The summed E-state index contributed by atoms with van der Waals surface area (Å²) in [6.07, 6.45) is 1.37. The quantitative estimate of drug-likeness (QED) is 0.594. The molecule has 4 heteroatoms. The van der Waals surface area contributed by atoms with Crippen molar-refractivity contribution in [2.24, 2.45) is 0 Å². The van der Waals surface area contributed by atoms with Gasteiger partial charge in [-0.3, -0.25) is 0 Å². The van der Waals surface area contributed by atoms with Crippen LogP contribution in [0, 0.1) is 29.0 Å². The van der Waals surface area contributed by atoms with Crippen molar-refractivity contribution in [1.29, 1.82) is 5.26 Å². The molecule has 0 radical (unpaired) electrons. The van der Waals surface area contributed by atoms with Crippen LogP contribution < -0.4 is 0 Å². The predicted molar refractivity (Wildman–Crippen MR) is 46.3 cm³/mol. The van der Waals surface area contributed by atoms with E-state index in [-0.39, 0.29) is 17.1 Å². The Morgan fingerprint density at radius 2 is 2.38 bits per heavy atom. The first-order chi connectivity index (χ1) is 6.24. The molecule has 2 nitrogen and oxygen atoms in total. The standard InChI is InChI=1S/C9H4ClFN2/c10-7-5-8(11)9(13-6-7)3-1-2-4-12/h5-6H,2H2. The molecule has 0 fully saturated rings. The average Bonchev–Trinajstić information content (AvgIpc) is 2.09. The van der Waals surface area contributed by atoms with Crippen molar-refractivity contribution in [2.45, 2.75) is 6.42 Å². The zero-order valence-corrected chi connectivity index (χ0v) is 7.27. The smallest absolute Gasteiger partial charge is 0.158 e. The minimum absolute atomic E-state index is 0.0136. The van der Waals surface area contributed by atoms with E-state index in [1.807, 2.05) is 6.07 Å². The highest BCUT2D eigenvalue weighted by Crippen LogP contribution is 2.10. The Morgan fingerprint density at radius 3 is 3.00 bits per heavy atom. The van der Waals surface area contributed by atoms with Crippen molar-refractivity contribution in [3.05, 3.63) is 28.8 Å². The van der Waals surface area contributed by atoms with Crippen LogP contribution in [0.4, 0.5) is 4.39 Å². The number of hydrogen-bond acceptors (Lipinski definition) is 2. The Kier molecular flexibility index (Phi) is 3.25. The number of nitriles is 1. The Bertz CT molecular complexity index is 412. The summed E-state index contributed by atoms with van der Waals surface area (Å²) in [5, 5.41) is 8.40. The molecule has 0 saturated carbocycles. The Labute approximate surface area is 80.0 Å². The third kappa shape index (κ3) is 2.74. The largest absolute Gasteiger partial charge is 0.243 e. The van der Waals surface area contributed by atoms with E-state index in [1.54, 1.807) is 0 Å². The molecule has 0 atom stereocenters. The summed E-state index contributed by atoms with van der Waals surface area (Å²) in [7, 11) is 0. The van der Waals surface area contributed by atoms with Crippen molar-refractivity contribution in [2.75, 3.05) is 0 Å². The van der Waals surface area contributed by atoms with Gasteiger partial charge in [-0.05, 0) is 12.0 Å². The lowest BCUT2D eigenvalue weighted by atomic mass is 10.3. The van der Waals surface area contributed by atoms with Gasteiger partial charge in [0, 0.05) is 6.20 Å². The van der Waals surface area contributed by atoms with E-state index in [1.165, 1.54) is 6.20 Å².